The van der Waals surface area contributed by atoms with Crippen LogP contribution in [0.2, 0.25) is 0 Å². The van der Waals surface area contributed by atoms with E-state index in [1.165, 1.54) is 35.6 Å². The van der Waals surface area contributed by atoms with Crippen LogP contribution in [0.1, 0.15) is 33.6 Å². The van der Waals surface area contributed by atoms with Crippen LogP contribution in [0, 0.1) is 0 Å². The second-order valence-corrected chi connectivity index (χ2v) is 12.9. The summed E-state index contributed by atoms with van der Waals surface area (Å²) < 4.78 is 2.62. The zero-order valence-corrected chi connectivity index (χ0v) is 22.6. The Morgan fingerprint density at radius 2 is 1.61 bits per heavy atom. The third-order valence-electron chi connectivity index (χ3n) is 7.69. The van der Waals surface area contributed by atoms with E-state index in [0.29, 0.717) is 11.1 Å². The van der Waals surface area contributed by atoms with Gasteiger partial charge in [-0.3, -0.25) is 0 Å². The number of ketones is 2. The van der Waals surface area contributed by atoms with Crippen molar-refractivity contribution in [1.82, 2.24) is 4.98 Å². The average molecular weight is 604 g/mol. The van der Waals surface area contributed by atoms with Crippen LogP contribution in [0.25, 0.3) is 10.8 Å². The third-order valence-corrected chi connectivity index (χ3v) is 10.8. The van der Waals surface area contributed by atoms with Crippen molar-refractivity contribution in [3.05, 3.63) is 136 Å². The first-order chi connectivity index (χ1) is 18.7. The first kappa shape index (κ1) is 22.0. The molecule has 0 radical (unpaired) electrons. The van der Waals surface area contributed by atoms with Crippen LogP contribution in [0.5, 0.6) is 0 Å². The summed E-state index contributed by atoms with van der Waals surface area (Å²) in [5, 5.41) is 1.82. The average Bonchev–Trinajstić information content (AvgIpc) is 3.58. The molecule has 4 aromatic rings. The van der Waals surface area contributed by atoms with E-state index in [1.54, 1.807) is 6.07 Å². The molecule has 0 bridgehead atoms. The van der Waals surface area contributed by atoms with Gasteiger partial charge in [0.1, 0.15) is 0 Å². The summed E-state index contributed by atoms with van der Waals surface area (Å²) in [4.78, 5) is 33.7. The molecule has 0 atom stereocenters. The van der Waals surface area contributed by atoms with Crippen LogP contribution in [-0.2, 0) is 0 Å². The molecule has 0 fully saturated rings. The number of pyridine rings is 1. The number of allylic oxidation sites excluding steroid dienone is 7. The summed E-state index contributed by atoms with van der Waals surface area (Å²) in [7, 11) is 0. The zero-order chi connectivity index (χ0) is 25.4. The molecule has 38 heavy (non-hydrogen) atoms. The minimum absolute atomic E-state index is 0.163. The van der Waals surface area contributed by atoms with Crippen molar-refractivity contribution in [2.24, 2.45) is 0 Å². The van der Waals surface area contributed by atoms with Gasteiger partial charge in [0.25, 0.3) is 0 Å². The first-order valence-electron chi connectivity index (χ1n) is 12.6. The van der Waals surface area contributed by atoms with Crippen LogP contribution in [0.15, 0.2) is 125 Å². The Kier molecular flexibility index (Phi) is 4.76. The summed E-state index contributed by atoms with van der Waals surface area (Å²) in [5.74, 6) is -0.332. The molecule has 0 N–H and O–H groups in total. The van der Waals surface area contributed by atoms with Gasteiger partial charge in [-0.25, -0.2) is 0 Å². The Hall–Kier alpha value is -4.04. The predicted octanol–water partition coefficient (Wildman–Crippen LogP) is 5.26. The number of anilines is 2. The molecule has 4 aliphatic rings. The van der Waals surface area contributed by atoms with Gasteiger partial charge in [0.05, 0.1) is 0 Å². The van der Waals surface area contributed by atoms with Crippen molar-refractivity contribution < 1.29 is 9.59 Å². The molecule has 8 rings (SSSR count). The molecular weight excluding hydrogens is 584 g/mol. The van der Waals surface area contributed by atoms with Gasteiger partial charge in [-0.2, -0.15) is 0 Å². The molecular formula is C33H20N2O2Te. The van der Waals surface area contributed by atoms with Crippen LogP contribution in [0.4, 0.5) is 11.4 Å². The first-order valence-corrected chi connectivity index (χ1v) is 15.0. The van der Waals surface area contributed by atoms with Crippen molar-refractivity contribution in [2.45, 2.75) is 12.8 Å². The normalized spacial score (nSPS) is 18.5. The number of Topliss-reactive ketones (excluding diaryl/α,β-unsaturated/α-hetero) is 2. The van der Waals surface area contributed by atoms with E-state index in [9.17, 15) is 9.59 Å². The van der Waals surface area contributed by atoms with E-state index in [1.807, 2.05) is 48.7 Å². The number of fused-ring (bicyclic) bond motifs is 5. The summed E-state index contributed by atoms with van der Waals surface area (Å²) in [6.07, 6.45) is 9.72. The summed E-state index contributed by atoms with van der Waals surface area (Å²) in [5.41, 5.74) is 8.59. The number of nitrogens with zero attached hydrogens (tertiary/aromatic N) is 2. The van der Waals surface area contributed by atoms with Crippen LogP contribution < -0.4 is 12.3 Å². The Morgan fingerprint density at radius 3 is 2.53 bits per heavy atom. The molecule has 0 saturated carbocycles. The predicted molar refractivity (Wildman–Crippen MR) is 151 cm³/mol. The number of rotatable bonds is 2. The second kappa shape index (κ2) is 8.23. The van der Waals surface area contributed by atoms with Crippen molar-refractivity contribution in [3.8, 4) is 0 Å². The molecule has 1 aliphatic heterocycles. The standard InChI is InChI=1S/C33H20N2O2Te/c36-31-25-12-11-20-6-1-2-7-24(20)30(25)32(37)26(31)16-19-14-21-17-23(18-22(21)15-19)35-27-8-3-4-10-29(27)38-33-28(35)9-5-13-34-33/h1-14,16,18H,15,17H2/b26-16+. The van der Waals surface area contributed by atoms with E-state index in [0.717, 1.165) is 29.2 Å². The Balaban J connectivity index is 1.10. The molecule has 0 unspecified atom stereocenters. The molecule has 3 aliphatic carbocycles. The molecule has 0 amide bonds. The fraction of sp³-hybridized carbons (Fsp3) is 0.0606. The summed E-state index contributed by atoms with van der Waals surface area (Å²) in [6.45, 7) is 0. The van der Waals surface area contributed by atoms with Gasteiger partial charge >= 0.3 is 183 Å². The van der Waals surface area contributed by atoms with Gasteiger partial charge in [0, 0.05) is 0 Å². The molecule has 3 aromatic carbocycles. The van der Waals surface area contributed by atoms with Crippen LogP contribution in [-0.4, -0.2) is 37.5 Å². The maximum atomic E-state index is 13.4. The van der Waals surface area contributed by atoms with E-state index in [-0.39, 0.29) is 17.1 Å². The Bertz CT molecular complexity index is 1850. The van der Waals surface area contributed by atoms with E-state index >= 15 is 0 Å². The van der Waals surface area contributed by atoms with Crippen LogP contribution >= 0.6 is 0 Å². The second-order valence-electron chi connectivity index (χ2n) is 9.92. The van der Waals surface area contributed by atoms with Gasteiger partial charge in [-0.15, -0.1) is 0 Å². The van der Waals surface area contributed by atoms with Gasteiger partial charge in [-0.05, 0) is 16.8 Å². The smallest absolute Gasteiger partial charge is 0.0616 e. The maximum absolute atomic E-state index is 13.4. The quantitative estimate of drug-likeness (QED) is 0.178. The Morgan fingerprint density at radius 1 is 0.789 bits per heavy atom. The van der Waals surface area contributed by atoms with Crippen molar-refractivity contribution in [2.75, 3.05) is 4.90 Å². The number of carbonyl (C=O) groups excluding carboxylic acids is 2. The number of hydrogen-bond donors (Lipinski definition) is 0. The minimum atomic E-state index is -0.522. The van der Waals surface area contributed by atoms with Crippen molar-refractivity contribution >= 4 is 62.0 Å². The molecule has 2 heterocycles. The third kappa shape index (κ3) is 3.19. The van der Waals surface area contributed by atoms with Crippen molar-refractivity contribution in [3.63, 3.8) is 0 Å². The number of para-hydroxylation sites is 1. The topological polar surface area (TPSA) is 50.3 Å². The molecule has 4 nitrogen and oxygen atoms in total. The molecule has 180 valence electrons. The molecule has 0 spiro atoms. The van der Waals surface area contributed by atoms with Gasteiger partial charge in [0.2, 0.25) is 0 Å². The van der Waals surface area contributed by atoms with Crippen LogP contribution in [0.3, 0.4) is 0 Å². The monoisotopic (exact) mass is 606 g/mol. The fourth-order valence-corrected chi connectivity index (χ4v) is 8.84. The summed E-state index contributed by atoms with van der Waals surface area (Å²) in [6, 6.07) is 24.4. The van der Waals surface area contributed by atoms with E-state index < -0.39 is 20.9 Å². The van der Waals surface area contributed by atoms with E-state index in [4.69, 9.17) is 4.98 Å². The summed E-state index contributed by atoms with van der Waals surface area (Å²) >= 11 is -0.522. The number of hydrogen-bond acceptors (Lipinski definition) is 4. The fourth-order valence-electron chi connectivity index (χ4n) is 6.00. The van der Waals surface area contributed by atoms with Gasteiger partial charge < -0.3 is 0 Å². The van der Waals surface area contributed by atoms with Gasteiger partial charge in [-0.1, -0.05) is 30.3 Å². The van der Waals surface area contributed by atoms with Crippen molar-refractivity contribution in [1.29, 1.82) is 0 Å². The minimum Gasteiger partial charge on any atom is -0.0616 e. The number of carbonyl (C=O) groups is 2. The molecule has 0 saturated heterocycles. The Labute approximate surface area is 229 Å². The number of aromatic nitrogens is 1. The molecule has 1 aromatic heterocycles. The van der Waals surface area contributed by atoms with Gasteiger partial charge in [0.15, 0.2) is 0 Å². The SMILES string of the molecule is O=C1/C(=C\C2=CC3=C(C=C(N4c5ccccc5[Te]c5ncccc54)C3)C2)C(=O)c2c1ccc1ccccc21. The number of benzene rings is 3. The zero-order valence-electron chi connectivity index (χ0n) is 20.3. The van der Waals surface area contributed by atoms with E-state index in [2.05, 4.69) is 47.4 Å². The molecule has 5 heteroatoms.